The molecule has 0 amide bonds. The van der Waals surface area contributed by atoms with Crippen molar-refractivity contribution in [2.75, 3.05) is 6.61 Å². The van der Waals surface area contributed by atoms with E-state index in [1.165, 1.54) is 4.57 Å². The van der Waals surface area contributed by atoms with Crippen molar-refractivity contribution in [3.8, 4) is 0 Å². The second kappa shape index (κ2) is 3.23. The molecule has 1 aromatic heterocycles. The molecule has 11 heavy (non-hydrogen) atoms. The van der Waals surface area contributed by atoms with Crippen molar-refractivity contribution in [2.45, 2.75) is 13.8 Å². The second-order valence-electron chi connectivity index (χ2n) is 2.22. The summed E-state index contributed by atoms with van der Waals surface area (Å²) in [5.74, 6) is 0. The number of nitrogens with zero attached hydrogens (tertiary/aromatic N) is 1. The largest absolute Gasteiger partial charge is 0.449 e. The lowest BCUT2D eigenvalue weighted by molar-refractivity contribution is 0.153. The highest BCUT2D eigenvalue weighted by Gasteiger charge is 2.04. The lowest BCUT2D eigenvalue weighted by Crippen LogP contribution is -2.13. The molecule has 0 aliphatic heterocycles. The molecule has 0 spiro atoms. The third kappa shape index (κ3) is 1.61. The van der Waals surface area contributed by atoms with Crippen LogP contribution in [0.3, 0.4) is 0 Å². The predicted octanol–water partition coefficient (Wildman–Crippen LogP) is 1.80. The Labute approximate surface area is 65.6 Å². The molecule has 1 heterocycles. The van der Waals surface area contributed by atoms with Crippen LogP contribution in [-0.2, 0) is 4.74 Å². The number of hydrogen-bond acceptors (Lipinski definition) is 2. The van der Waals surface area contributed by atoms with Crippen LogP contribution < -0.4 is 0 Å². The topological polar surface area (TPSA) is 31.2 Å². The molecule has 1 rings (SSSR count). The van der Waals surface area contributed by atoms with Gasteiger partial charge in [-0.2, -0.15) is 0 Å². The summed E-state index contributed by atoms with van der Waals surface area (Å²) in [6, 6.07) is 3.67. The van der Waals surface area contributed by atoms with E-state index in [1.54, 1.807) is 13.1 Å². The van der Waals surface area contributed by atoms with E-state index in [4.69, 9.17) is 4.74 Å². The Bertz CT molecular complexity index is 252. The van der Waals surface area contributed by atoms with Gasteiger partial charge in [-0.1, -0.05) is 0 Å². The lowest BCUT2D eigenvalue weighted by atomic mass is 10.5. The van der Waals surface area contributed by atoms with E-state index in [0.29, 0.717) is 6.61 Å². The van der Waals surface area contributed by atoms with Gasteiger partial charge in [-0.3, -0.25) is 4.57 Å². The van der Waals surface area contributed by atoms with Gasteiger partial charge in [0, 0.05) is 11.9 Å². The van der Waals surface area contributed by atoms with Gasteiger partial charge in [-0.25, -0.2) is 4.79 Å². The highest BCUT2D eigenvalue weighted by atomic mass is 16.5. The average molecular weight is 153 g/mol. The van der Waals surface area contributed by atoms with Crippen molar-refractivity contribution in [3.05, 3.63) is 24.0 Å². The molecule has 0 fully saturated rings. The molecule has 0 atom stereocenters. The van der Waals surface area contributed by atoms with Crippen LogP contribution in [0.5, 0.6) is 0 Å². The minimum atomic E-state index is -0.310. The summed E-state index contributed by atoms with van der Waals surface area (Å²) in [6.45, 7) is 4.06. The molecule has 0 aliphatic rings. The van der Waals surface area contributed by atoms with Gasteiger partial charge in [-0.15, -0.1) is 0 Å². The maximum Gasteiger partial charge on any atom is 0.418 e. The van der Waals surface area contributed by atoms with E-state index in [2.05, 4.69) is 0 Å². The van der Waals surface area contributed by atoms with Gasteiger partial charge in [0.2, 0.25) is 0 Å². The van der Waals surface area contributed by atoms with Crippen molar-refractivity contribution < 1.29 is 9.53 Å². The summed E-state index contributed by atoms with van der Waals surface area (Å²) in [4.78, 5) is 11.1. The molecule has 0 saturated carbocycles. The first kappa shape index (κ1) is 7.85. The molecule has 0 saturated heterocycles. The zero-order valence-corrected chi connectivity index (χ0v) is 6.70. The molecule has 3 nitrogen and oxygen atoms in total. The van der Waals surface area contributed by atoms with E-state index in [9.17, 15) is 4.79 Å². The number of hydrogen-bond donors (Lipinski definition) is 0. The molecule has 3 heteroatoms. The summed E-state index contributed by atoms with van der Waals surface area (Å²) in [7, 11) is 0. The Balaban J connectivity index is 2.76. The first-order valence-electron chi connectivity index (χ1n) is 3.56. The normalized spacial score (nSPS) is 9.64. The van der Waals surface area contributed by atoms with E-state index in [1.807, 2.05) is 19.1 Å². The quantitative estimate of drug-likeness (QED) is 0.616. The van der Waals surface area contributed by atoms with Gasteiger partial charge in [0.15, 0.2) is 0 Å². The number of aryl methyl sites for hydroxylation is 1. The molecule has 0 N–H and O–H groups in total. The molecule has 0 radical (unpaired) electrons. The highest BCUT2D eigenvalue weighted by molar-refractivity contribution is 5.71. The van der Waals surface area contributed by atoms with Gasteiger partial charge in [-0.05, 0) is 26.0 Å². The molecule has 60 valence electrons. The Morgan fingerprint density at radius 2 is 2.45 bits per heavy atom. The number of carbonyl (C=O) groups is 1. The van der Waals surface area contributed by atoms with Crippen molar-refractivity contribution in [2.24, 2.45) is 0 Å². The van der Waals surface area contributed by atoms with E-state index < -0.39 is 0 Å². The van der Waals surface area contributed by atoms with Gasteiger partial charge < -0.3 is 4.74 Å². The predicted molar refractivity (Wildman–Crippen MR) is 41.6 cm³/mol. The van der Waals surface area contributed by atoms with E-state index in [-0.39, 0.29) is 6.09 Å². The summed E-state index contributed by atoms with van der Waals surface area (Å²) in [6.07, 6.45) is 1.38. The third-order valence-electron chi connectivity index (χ3n) is 1.42. The Kier molecular flexibility index (Phi) is 2.31. The average Bonchev–Trinajstić information content (AvgIpc) is 2.36. The van der Waals surface area contributed by atoms with Crippen LogP contribution in [0.1, 0.15) is 12.6 Å². The molecular weight excluding hydrogens is 142 g/mol. The fraction of sp³-hybridized carbons (Fsp3) is 0.375. The van der Waals surface area contributed by atoms with Crippen LogP contribution in [0, 0.1) is 6.92 Å². The fourth-order valence-electron chi connectivity index (χ4n) is 0.864. The molecule has 1 aromatic rings. The van der Waals surface area contributed by atoms with Crippen LogP contribution in [0.15, 0.2) is 18.3 Å². The molecule has 0 unspecified atom stereocenters. The molecule has 0 aliphatic carbocycles. The summed E-state index contributed by atoms with van der Waals surface area (Å²) >= 11 is 0. The van der Waals surface area contributed by atoms with Crippen molar-refractivity contribution in [1.82, 2.24) is 4.57 Å². The Hall–Kier alpha value is -1.25. The van der Waals surface area contributed by atoms with Gasteiger partial charge in [0.25, 0.3) is 0 Å². The van der Waals surface area contributed by atoms with Gasteiger partial charge >= 0.3 is 6.09 Å². The van der Waals surface area contributed by atoms with Crippen LogP contribution >= 0.6 is 0 Å². The zero-order valence-electron chi connectivity index (χ0n) is 6.70. The molecule has 0 aromatic carbocycles. The van der Waals surface area contributed by atoms with Crippen molar-refractivity contribution in [1.29, 1.82) is 0 Å². The monoisotopic (exact) mass is 153 g/mol. The fourth-order valence-corrected chi connectivity index (χ4v) is 0.864. The maximum atomic E-state index is 11.1. The van der Waals surface area contributed by atoms with Crippen LogP contribution in [0.4, 0.5) is 4.79 Å². The number of rotatable bonds is 1. The highest BCUT2D eigenvalue weighted by Crippen LogP contribution is 2.00. The van der Waals surface area contributed by atoms with E-state index >= 15 is 0 Å². The minimum absolute atomic E-state index is 0.310. The second-order valence-corrected chi connectivity index (χ2v) is 2.22. The summed E-state index contributed by atoms with van der Waals surface area (Å²) in [5.41, 5.74) is 0.892. The van der Waals surface area contributed by atoms with Crippen molar-refractivity contribution in [3.63, 3.8) is 0 Å². The van der Waals surface area contributed by atoms with Gasteiger partial charge in [0.1, 0.15) is 0 Å². The summed E-state index contributed by atoms with van der Waals surface area (Å²) < 4.78 is 6.27. The number of ether oxygens (including phenoxy) is 1. The smallest absolute Gasteiger partial charge is 0.418 e. The standard InChI is InChI=1S/C8H11NO2/c1-3-11-8(10)9-6-4-5-7(9)2/h4-6H,3H2,1-2H3. The van der Waals surface area contributed by atoms with Crippen LogP contribution in [-0.4, -0.2) is 17.3 Å². The third-order valence-corrected chi connectivity index (χ3v) is 1.42. The lowest BCUT2D eigenvalue weighted by Gasteiger charge is -2.03. The summed E-state index contributed by atoms with van der Waals surface area (Å²) in [5, 5.41) is 0. The van der Waals surface area contributed by atoms with Crippen molar-refractivity contribution >= 4 is 6.09 Å². The first-order valence-corrected chi connectivity index (χ1v) is 3.56. The number of aromatic nitrogens is 1. The first-order chi connectivity index (χ1) is 5.25. The minimum Gasteiger partial charge on any atom is -0.449 e. The zero-order chi connectivity index (χ0) is 8.27. The SMILES string of the molecule is CCOC(=O)n1cccc1C. The maximum absolute atomic E-state index is 11.1. The molecule has 0 bridgehead atoms. The Morgan fingerprint density at radius 3 is 2.91 bits per heavy atom. The van der Waals surface area contributed by atoms with Crippen LogP contribution in [0.2, 0.25) is 0 Å². The number of carbonyl (C=O) groups excluding carboxylic acids is 1. The molecular formula is C8H11NO2. The van der Waals surface area contributed by atoms with Gasteiger partial charge in [0.05, 0.1) is 6.61 Å². The van der Waals surface area contributed by atoms with Crippen LogP contribution in [0.25, 0.3) is 0 Å². The van der Waals surface area contributed by atoms with E-state index in [0.717, 1.165) is 5.69 Å². The Morgan fingerprint density at radius 1 is 1.73 bits per heavy atom.